The second-order valence-corrected chi connectivity index (χ2v) is 8.39. The summed E-state index contributed by atoms with van der Waals surface area (Å²) in [6.45, 7) is 9.92. The molecule has 4 heteroatoms. The van der Waals surface area contributed by atoms with Crippen molar-refractivity contribution in [2.24, 2.45) is 0 Å². The number of likely N-dealkylation sites (N-methyl/N-ethyl adjacent to an activating group) is 1. The molecule has 0 spiro atoms. The molecule has 0 saturated carbocycles. The van der Waals surface area contributed by atoms with E-state index in [0.717, 1.165) is 31.7 Å². The summed E-state index contributed by atoms with van der Waals surface area (Å²) in [5.74, 6) is 0.0462. The van der Waals surface area contributed by atoms with Crippen LogP contribution in [0.1, 0.15) is 63.1 Å². The van der Waals surface area contributed by atoms with E-state index >= 15 is 0 Å². The Morgan fingerprint density at radius 1 is 0.967 bits per heavy atom. The van der Waals surface area contributed by atoms with Gasteiger partial charge in [-0.05, 0) is 62.6 Å². The van der Waals surface area contributed by atoms with Crippen LogP contribution in [0.15, 0.2) is 48.5 Å². The molecule has 1 aliphatic heterocycles. The number of carbonyl (C=O) groups is 1. The summed E-state index contributed by atoms with van der Waals surface area (Å²) in [4.78, 5) is 17.5. The maximum atomic E-state index is 12.8. The van der Waals surface area contributed by atoms with Crippen LogP contribution in [-0.2, 0) is 4.79 Å². The van der Waals surface area contributed by atoms with Crippen molar-refractivity contribution in [1.82, 2.24) is 4.90 Å². The van der Waals surface area contributed by atoms with Crippen molar-refractivity contribution < 1.29 is 4.79 Å². The van der Waals surface area contributed by atoms with Gasteiger partial charge in [0.1, 0.15) is 0 Å². The third-order valence-corrected chi connectivity index (χ3v) is 6.16. The first-order chi connectivity index (χ1) is 14.6. The van der Waals surface area contributed by atoms with E-state index in [1.165, 1.54) is 42.5 Å². The molecule has 0 radical (unpaired) electrons. The average Bonchev–Trinajstić information content (AvgIpc) is 3.05. The summed E-state index contributed by atoms with van der Waals surface area (Å²) in [6, 6.07) is 17.3. The molecule has 1 heterocycles. The minimum Gasteiger partial charge on any atom is -0.372 e. The highest BCUT2D eigenvalue weighted by atomic mass is 16.2. The van der Waals surface area contributed by atoms with Crippen molar-refractivity contribution in [1.29, 1.82) is 0 Å². The second kappa shape index (κ2) is 11.2. The number of anilines is 2. The lowest BCUT2D eigenvalue weighted by Crippen LogP contribution is -2.36. The zero-order valence-electron chi connectivity index (χ0n) is 18.9. The Balaban J connectivity index is 1.59. The predicted molar refractivity (Wildman–Crippen MR) is 127 cm³/mol. The fourth-order valence-corrected chi connectivity index (χ4v) is 4.41. The molecule has 0 aromatic heterocycles. The van der Waals surface area contributed by atoms with Gasteiger partial charge in [0.2, 0.25) is 5.91 Å². The van der Waals surface area contributed by atoms with E-state index < -0.39 is 0 Å². The highest BCUT2D eigenvalue weighted by molar-refractivity contribution is 5.92. The van der Waals surface area contributed by atoms with Crippen molar-refractivity contribution in [3.8, 4) is 0 Å². The number of hydrogen-bond acceptors (Lipinski definition) is 3. The van der Waals surface area contributed by atoms with Crippen molar-refractivity contribution in [3.05, 3.63) is 59.7 Å². The van der Waals surface area contributed by atoms with E-state index in [-0.39, 0.29) is 11.9 Å². The van der Waals surface area contributed by atoms with E-state index in [0.29, 0.717) is 6.54 Å². The van der Waals surface area contributed by atoms with Crippen LogP contribution in [-0.4, -0.2) is 37.0 Å². The Morgan fingerprint density at radius 3 is 2.17 bits per heavy atom. The smallest absolute Gasteiger partial charge is 0.238 e. The van der Waals surface area contributed by atoms with Gasteiger partial charge in [-0.15, -0.1) is 0 Å². The Kier molecular flexibility index (Phi) is 8.32. The molecular formula is C26H37N3O. The maximum absolute atomic E-state index is 12.8. The van der Waals surface area contributed by atoms with Crippen LogP contribution in [0.4, 0.5) is 11.4 Å². The molecule has 0 aliphatic carbocycles. The molecule has 3 rings (SSSR count). The molecule has 4 nitrogen and oxygen atoms in total. The van der Waals surface area contributed by atoms with E-state index in [1.807, 2.05) is 12.1 Å². The van der Waals surface area contributed by atoms with E-state index in [1.54, 1.807) is 0 Å². The van der Waals surface area contributed by atoms with Crippen LogP contribution in [0.5, 0.6) is 0 Å². The highest BCUT2D eigenvalue weighted by Crippen LogP contribution is 2.25. The molecule has 1 amide bonds. The first-order valence-electron chi connectivity index (χ1n) is 11.6. The Hall–Kier alpha value is -2.33. The number of carbonyl (C=O) groups excluding carboxylic acids is 1. The van der Waals surface area contributed by atoms with Gasteiger partial charge in [0.25, 0.3) is 0 Å². The zero-order chi connectivity index (χ0) is 21.3. The van der Waals surface area contributed by atoms with Gasteiger partial charge in [-0.2, -0.15) is 0 Å². The number of aryl methyl sites for hydroxylation is 1. The summed E-state index contributed by atoms with van der Waals surface area (Å²) in [5, 5.41) is 3.09. The number of rotatable bonds is 8. The lowest BCUT2D eigenvalue weighted by atomic mass is 10.0. The Bertz CT molecular complexity index is 777. The molecule has 2 aromatic rings. The SMILES string of the molecule is CCC(c1ccc(C)cc1)N(CC)CC(=O)Nc1ccc(N2CCCCCC2)cc1. The molecule has 1 saturated heterocycles. The maximum Gasteiger partial charge on any atom is 0.238 e. The van der Waals surface area contributed by atoms with Crippen molar-refractivity contribution in [2.45, 2.75) is 58.9 Å². The van der Waals surface area contributed by atoms with Crippen molar-refractivity contribution >= 4 is 17.3 Å². The number of amides is 1. The van der Waals surface area contributed by atoms with Gasteiger partial charge in [-0.1, -0.05) is 56.5 Å². The number of hydrogen-bond donors (Lipinski definition) is 1. The average molecular weight is 408 g/mol. The summed E-state index contributed by atoms with van der Waals surface area (Å²) >= 11 is 0. The van der Waals surface area contributed by atoms with Gasteiger partial charge in [0.05, 0.1) is 6.54 Å². The van der Waals surface area contributed by atoms with Gasteiger partial charge < -0.3 is 10.2 Å². The normalized spacial score (nSPS) is 15.7. The standard InChI is InChI=1S/C26H37N3O/c1-4-25(22-12-10-21(3)11-13-22)28(5-2)20-26(30)27-23-14-16-24(17-15-23)29-18-8-6-7-9-19-29/h10-17,25H,4-9,18-20H2,1-3H3,(H,27,30). The Labute approximate surface area is 182 Å². The summed E-state index contributed by atoms with van der Waals surface area (Å²) in [5.41, 5.74) is 4.67. The fraction of sp³-hybridized carbons (Fsp3) is 0.500. The molecule has 1 unspecified atom stereocenters. The van der Waals surface area contributed by atoms with Gasteiger partial charge >= 0.3 is 0 Å². The topological polar surface area (TPSA) is 35.6 Å². The summed E-state index contributed by atoms with van der Waals surface area (Å²) < 4.78 is 0. The molecule has 2 aromatic carbocycles. The molecule has 1 aliphatic rings. The largest absolute Gasteiger partial charge is 0.372 e. The number of nitrogens with one attached hydrogen (secondary N) is 1. The molecule has 30 heavy (non-hydrogen) atoms. The van der Waals surface area contributed by atoms with Crippen LogP contribution in [0.25, 0.3) is 0 Å². The molecule has 0 bridgehead atoms. The third-order valence-electron chi connectivity index (χ3n) is 6.16. The quantitative estimate of drug-likeness (QED) is 0.602. The van der Waals surface area contributed by atoms with Crippen LogP contribution < -0.4 is 10.2 Å². The minimum absolute atomic E-state index is 0.0462. The minimum atomic E-state index is 0.0462. The molecule has 162 valence electrons. The molecule has 1 fully saturated rings. The van der Waals surface area contributed by atoms with E-state index in [2.05, 4.69) is 72.3 Å². The van der Waals surface area contributed by atoms with Gasteiger partial charge in [0, 0.05) is 30.5 Å². The first kappa shape index (κ1) is 22.4. The van der Waals surface area contributed by atoms with Crippen LogP contribution in [0, 0.1) is 6.92 Å². The summed E-state index contributed by atoms with van der Waals surface area (Å²) in [6.07, 6.45) is 6.18. The van der Waals surface area contributed by atoms with Gasteiger partial charge in [-0.25, -0.2) is 0 Å². The van der Waals surface area contributed by atoms with Crippen LogP contribution in [0.2, 0.25) is 0 Å². The predicted octanol–water partition coefficient (Wildman–Crippen LogP) is 5.79. The van der Waals surface area contributed by atoms with Crippen molar-refractivity contribution in [2.75, 3.05) is 36.4 Å². The zero-order valence-corrected chi connectivity index (χ0v) is 18.9. The van der Waals surface area contributed by atoms with E-state index in [9.17, 15) is 4.79 Å². The second-order valence-electron chi connectivity index (χ2n) is 8.39. The van der Waals surface area contributed by atoms with Crippen molar-refractivity contribution in [3.63, 3.8) is 0 Å². The monoisotopic (exact) mass is 407 g/mol. The highest BCUT2D eigenvalue weighted by Gasteiger charge is 2.20. The Morgan fingerprint density at radius 2 is 1.60 bits per heavy atom. The van der Waals surface area contributed by atoms with Crippen LogP contribution >= 0.6 is 0 Å². The van der Waals surface area contributed by atoms with Gasteiger partial charge in [-0.3, -0.25) is 9.69 Å². The van der Waals surface area contributed by atoms with E-state index in [4.69, 9.17) is 0 Å². The summed E-state index contributed by atoms with van der Waals surface area (Å²) in [7, 11) is 0. The fourth-order valence-electron chi connectivity index (χ4n) is 4.41. The number of nitrogens with zero attached hydrogens (tertiary/aromatic N) is 2. The van der Waals surface area contributed by atoms with Crippen LogP contribution in [0.3, 0.4) is 0 Å². The molecule has 1 atom stereocenters. The molecule has 1 N–H and O–H groups in total. The lowest BCUT2D eigenvalue weighted by molar-refractivity contribution is -0.117. The third kappa shape index (κ3) is 6.09. The molecular weight excluding hydrogens is 370 g/mol. The van der Waals surface area contributed by atoms with Gasteiger partial charge in [0.15, 0.2) is 0 Å². The first-order valence-corrected chi connectivity index (χ1v) is 11.6. The number of benzene rings is 2. The lowest BCUT2D eigenvalue weighted by Gasteiger charge is -2.30.